The first kappa shape index (κ1) is 25.0. The van der Waals surface area contributed by atoms with Gasteiger partial charge in [-0.3, -0.25) is 9.67 Å². The molecule has 10 heteroatoms. The van der Waals surface area contributed by atoms with Crippen molar-refractivity contribution >= 4 is 38.9 Å². The van der Waals surface area contributed by atoms with Crippen LogP contribution in [0.2, 0.25) is 0 Å². The maximum Gasteiger partial charge on any atom is 0.235 e. The third-order valence-electron chi connectivity index (χ3n) is 7.11. The largest absolute Gasteiger partial charge is 0.492 e. The first-order valence-electron chi connectivity index (χ1n) is 13.1. The number of fused-ring (bicyclic) bond motifs is 2. The summed E-state index contributed by atoms with van der Waals surface area (Å²) in [7, 11) is 0. The van der Waals surface area contributed by atoms with Gasteiger partial charge in [0.15, 0.2) is 0 Å². The third kappa shape index (κ3) is 4.96. The number of anilines is 3. The highest BCUT2D eigenvalue weighted by Gasteiger charge is 2.19. The second-order valence-electron chi connectivity index (χ2n) is 10.7. The van der Waals surface area contributed by atoms with Crippen molar-refractivity contribution in [3.63, 3.8) is 0 Å². The first-order valence-corrected chi connectivity index (χ1v) is 13.1. The van der Waals surface area contributed by atoms with Gasteiger partial charge in [0.2, 0.25) is 5.88 Å². The van der Waals surface area contributed by atoms with Crippen molar-refractivity contribution < 1.29 is 10.2 Å². The maximum absolute atomic E-state index is 10.4. The van der Waals surface area contributed by atoms with Gasteiger partial charge in [0.05, 0.1) is 41.4 Å². The van der Waals surface area contributed by atoms with Crippen LogP contribution in [0.25, 0.3) is 32.9 Å². The summed E-state index contributed by atoms with van der Waals surface area (Å²) < 4.78 is 1.84. The molecule has 0 bridgehead atoms. The Hall–Kier alpha value is -4.28. The Kier molecular flexibility index (Phi) is 6.28. The van der Waals surface area contributed by atoms with Gasteiger partial charge in [-0.25, -0.2) is 9.97 Å². The molecule has 0 amide bonds. The van der Waals surface area contributed by atoms with Gasteiger partial charge in [-0.05, 0) is 50.6 Å². The Morgan fingerprint density at radius 2 is 1.82 bits per heavy atom. The predicted molar refractivity (Wildman–Crippen MR) is 154 cm³/mol. The van der Waals surface area contributed by atoms with Gasteiger partial charge >= 0.3 is 0 Å². The van der Waals surface area contributed by atoms with Crippen molar-refractivity contribution in [1.29, 1.82) is 0 Å². The van der Waals surface area contributed by atoms with Crippen molar-refractivity contribution in [2.45, 2.75) is 32.9 Å². The molecule has 1 aromatic carbocycles. The summed E-state index contributed by atoms with van der Waals surface area (Å²) >= 11 is 0. The quantitative estimate of drug-likeness (QED) is 0.261. The van der Waals surface area contributed by atoms with Crippen molar-refractivity contribution in [1.82, 2.24) is 30.0 Å². The Labute approximate surface area is 226 Å². The fourth-order valence-corrected chi connectivity index (χ4v) is 5.19. The molecule has 200 valence electrons. The number of nitrogens with one attached hydrogen (secondary N) is 2. The number of hydrogen-bond acceptors (Lipinski definition) is 9. The smallest absolute Gasteiger partial charge is 0.235 e. The molecule has 5 heterocycles. The Balaban J connectivity index is 1.36. The van der Waals surface area contributed by atoms with E-state index >= 15 is 0 Å². The Bertz CT molecular complexity index is 1670. The van der Waals surface area contributed by atoms with E-state index in [1.165, 1.54) is 0 Å². The highest BCUT2D eigenvalue weighted by molar-refractivity contribution is 5.99. The average Bonchev–Trinajstić information content (AvgIpc) is 3.32. The summed E-state index contributed by atoms with van der Waals surface area (Å²) in [6.07, 6.45) is 7.11. The fourth-order valence-electron chi connectivity index (χ4n) is 5.19. The van der Waals surface area contributed by atoms with E-state index in [1.807, 2.05) is 41.3 Å². The van der Waals surface area contributed by atoms with Crippen LogP contribution < -0.4 is 15.5 Å². The van der Waals surface area contributed by atoms with Gasteiger partial charge in [-0.2, -0.15) is 5.10 Å². The number of pyridine rings is 3. The number of nitrogens with zero attached hydrogens (tertiary/aromatic N) is 6. The molecule has 0 aliphatic carbocycles. The van der Waals surface area contributed by atoms with Gasteiger partial charge in [-0.1, -0.05) is 6.07 Å². The molecule has 0 saturated carbocycles. The van der Waals surface area contributed by atoms with Crippen LogP contribution in [0.3, 0.4) is 0 Å². The van der Waals surface area contributed by atoms with E-state index in [1.54, 1.807) is 26.2 Å². The summed E-state index contributed by atoms with van der Waals surface area (Å²) in [6.45, 7) is 9.39. The van der Waals surface area contributed by atoms with Crippen LogP contribution in [0.15, 0.2) is 55.1 Å². The van der Waals surface area contributed by atoms with Crippen molar-refractivity contribution in [3.05, 3.63) is 60.7 Å². The van der Waals surface area contributed by atoms with Crippen LogP contribution >= 0.6 is 0 Å². The van der Waals surface area contributed by atoms with E-state index in [2.05, 4.69) is 43.6 Å². The van der Waals surface area contributed by atoms with Crippen molar-refractivity contribution in [3.8, 4) is 17.1 Å². The number of aliphatic hydroxyl groups is 1. The molecule has 1 fully saturated rings. The van der Waals surface area contributed by atoms with E-state index in [-0.39, 0.29) is 5.88 Å². The van der Waals surface area contributed by atoms with Crippen molar-refractivity contribution in [2.75, 3.05) is 36.4 Å². The molecular weight excluding hydrogens is 492 g/mol. The van der Waals surface area contributed by atoms with Gasteiger partial charge < -0.3 is 25.7 Å². The molecule has 4 aromatic heterocycles. The fraction of sp³-hybridized carbons (Fsp3) is 0.310. The number of aromatic hydroxyl groups is 1. The molecule has 0 spiro atoms. The Morgan fingerprint density at radius 1 is 1.00 bits per heavy atom. The standard InChI is InChI=1S/C29H32N8O2/c1-18-21(4-5-24-23(18)16-34-37(24)17-29(2,3)39)27-22-13-26(32-14-19(22)6-7-31-27)35-20-12-25(28(38)33-15-20)36-10-8-30-9-11-36/h4-7,12-16,30,39H,8-11,17H2,1-3H3,(H,32,35)(H,33,38). The zero-order chi connectivity index (χ0) is 27.1. The minimum atomic E-state index is -0.863. The van der Waals surface area contributed by atoms with Crippen LogP contribution in [0.5, 0.6) is 5.88 Å². The number of benzene rings is 1. The van der Waals surface area contributed by atoms with Gasteiger partial charge in [-0.15, -0.1) is 0 Å². The van der Waals surface area contributed by atoms with Crippen LogP contribution in [0, 0.1) is 6.92 Å². The molecule has 6 rings (SSSR count). The summed E-state index contributed by atoms with van der Waals surface area (Å²) in [4.78, 5) is 15.7. The molecular formula is C29H32N8O2. The minimum absolute atomic E-state index is 0.0251. The molecule has 1 aliphatic heterocycles. The lowest BCUT2D eigenvalue weighted by atomic mass is 9.98. The topological polar surface area (TPSA) is 124 Å². The molecule has 1 saturated heterocycles. The van der Waals surface area contributed by atoms with E-state index in [0.29, 0.717) is 18.1 Å². The lowest BCUT2D eigenvalue weighted by Gasteiger charge is -2.29. The summed E-state index contributed by atoms with van der Waals surface area (Å²) in [5, 5.41) is 34.9. The van der Waals surface area contributed by atoms with Crippen LogP contribution in [-0.2, 0) is 6.54 Å². The summed E-state index contributed by atoms with van der Waals surface area (Å²) in [6, 6.07) is 9.97. The molecule has 4 N–H and O–H groups in total. The van der Waals surface area contributed by atoms with E-state index < -0.39 is 5.60 Å². The lowest BCUT2D eigenvalue weighted by molar-refractivity contribution is 0.0591. The van der Waals surface area contributed by atoms with Crippen LogP contribution in [0.4, 0.5) is 17.2 Å². The molecule has 39 heavy (non-hydrogen) atoms. The number of aromatic nitrogens is 5. The molecule has 5 aromatic rings. The van der Waals surface area contributed by atoms with E-state index in [0.717, 1.165) is 70.4 Å². The molecule has 10 nitrogen and oxygen atoms in total. The normalized spacial score (nSPS) is 14.3. The second-order valence-corrected chi connectivity index (χ2v) is 10.7. The number of hydrogen-bond donors (Lipinski definition) is 4. The lowest BCUT2D eigenvalue weighted by Crippen LogP contribution is -2.43. The average molecular weight is 525 g/mol. The molecule has 1 aliphatic rings. The highest BCUT2D eigenvalue weighted by Crippen LogP contribution is 2.35. The van der Waals surface area contributed by atoms with E-state index in [9.17, 15) is 10.2 Å². The van der Waals surface area contributed by atoms with Crippen molar-refractivity contribution in [2.24, 2.45) is 0 Å². The second kappa shape index (κ2) is 9.79. The first-order chi connectivity index (χ1) is 18.8. The molecule has 0 unspecified atom stereocenters. The number of piperazine rings is 1. The maximum atomic E-state index is 10.4. The molecule has 0 atom stereocenters. The highest BCUT2D eigenvalue weighted by atomic mass is 16.3. The SMILES string of the molecule is Cc1c(-c2nccc3cnc(Nc4cnc(O)c(N5CCNCC5)c4)cc23)ccc2c1cnn2CC(C)(C)O. The Morgan fingerprint density at radius 3 is 2.62 bits per heavy atom. The zero-order valence-electron chi connectivity index (χ0n) is 22.3. The minimum Gasteiger partial charge on any atom is -0.492 e. The number of aryl methyl sites for hydroxylation is 1. The van der Waals surface area contributed by atoms with Crippen LogP contribution in [-0.4, -0.2) is 66.7 Å². The summed E-state index contributed by atoms with van der Waals surface area (Å²) in [5.41, 5.74) is 4.51. The van der Waals surface area contributed by atoms with Gasteiger partial charge in [0.25, 0.3) is 0 Å². The number of rotatable bonds is 6. The van der Waals surface area contributed by atoms with Gasteiger partial charge in [0, 0.05) is 60.3 Å². The zero-order valence-corrected chi connectivity index (χ0v) is 22.3. The third-order valence-corrected chi connectivity index (χ3v) is 7.11. The monoisotopic (exact) mass is 524 g/mol. The van der Waals surface area contributed by atoms with Gasteiger partial charge in [0.1, 0.15) is 11.5 Å². The van der Waals surface area contributed by atoms with E-state index in [4.69, 9.17) is 4.98 Å². The van der Waals surface area contributed by atoms with Crippen LogP contribution in [0.1, 0.15) is 19.4 Å². The molecule has 0 radical (unpaired) electrons. The predicted octanol–water partition coefficient (Wildman–Crippen LogP) is 3.98. The summed E-state index contributed by atoms with van der Waals surface area (Å²) in [5.74, 6) is 0.685.